The van der Waals surface area contributed by atoms with Gasteiger partial charge in [-0.15, -0.1) is 24.0 Å². The molecule has 138 valence electrons. The van der Waals surface area contributed by atoms with Crippen LogP contribution in [0.1, 0.15) is 44.2 Å². The summed E-state index contributed by atoms with van der Waals surface area (Å²) < 4.78 is 0. The first-order valence-electron chi connectivity index (χ1n) is 9.06. The second kappa shape index (κ2) is 9.40. The van der Waals surface area contributed by atoms with E-state index in [4.69, 9.17) is 0 Å². The highest BCUT2D eigenvalue weighted by atomic mass is 127. The summed E-state index contributed by atoms with van der Waals surface area (Å²) in [7, 11) is 0. The Kier molecular flexibility index (Phi) is 7.53. The Balaban J connectivity index is 0.00000225. The van der Waals surface area contributed by atoms with Crippen molar-refractivity contribution in [2.24, 2.45) is 10.9 Å². The minimum Gasteiger partial charge on any atom is -0.357 e. The van der Waals surface area contributed by atoms with Crippen LogP contribution in [-0.2, 0) is 17.9 Å². The zero-order valence-electron chi connectivity index (χ0n) is 15.1. The van der Waals surface area contributed by atoms with Crippen LogP contribution >= 0.6 is 24.0 Å². The van der Waals surface area contributed by atoms with Gasteiger partial charge in [0.25, 0.3) is 0 Å². The van der Waals surface area contributed by atoms with Crippen LogP contribution in [0.4, 0.5) is 0 Å². The lowest BCUT2D eigenvalue weighted by molar-refractivity contribution is -0.128. The van der Waals surface area contributed by atoms with Crippen molar-refractivity contribution < 1.29 is 4.79 Å². The molecule has 5 nitrogen and oxygen atoms in total. The van der Waals surface area contributed by atoms with Crippen molar-refractivity contribution in [3.05, 3.63) is 35.4 Å². The number of amides is 1. The van der Waals surface area contributed by atoms with Gasteiger partial charge in [0.15, 0.2) is 5.96 Å². The van der Waals surface area contributed by atoms with Gasteiger partial charge in [-0.2, -0.15) is 0 Å². The molecular weight excluding hydrogens is 427 g/mol. The molecule has 1 aromatic carbocycles. The normalized spacial score (nSPS) is 22.6. The lowest BCUT2D eigenvalue weighted by Crippen LogP contribution is -2.39. The van der Waals surface area contributed by atoms with E-state index < -0.39 is 0 Å². The Morgan fingerprint density at radius 2 is 1.96 bits per heavy atom. The van der Waals surface area contributed by atoms with Crippen LogP contribution in [0.5, 0.6) is 0 Å². The quantitative estimate of drug-likeness (QED) is 0.393. The molecule has 1 aliphatic carbocycles. The van der Waals surface area contributed by atoms with Gasteiger partial charge in [-0.05, 0) is 36.8 Å². The average Bonchev–Trinajstić information content (AvgIpc) is 3.12. The smallest absolute Gasteiger partial charge is 0.222 e. The Hall–Kier alpha value is -1.31. The third kappa shape index (κ3) is 5.87. The third-order valence-electron chi connectivity index (χ3n) is 4.76. The van der Waals surface area contributed by atoms with Crippen LogP contribution in [0.25, 0.3) is 0 Å². The Bertz CT molecular complexity index is 602. The van der Waals surface area contributed by atoms with Gasteiger partial charge in [-0.1, -0.05) is 31.2 Å². The number of nitrogens with one attached hydrogen (secondary N) is 2. The van der Waals surface area contributed by atoms with E-state index in [0.717, 1.165) is 37.9 Å². The molecule has 3 rings (SSSR count). The predicted molar refractivity (Wildman–Crippen MR) is 112 cm³/mol. The molecule has 6 heteroatoms. The number of guanidine groups is 1. The second-order valence-electron chi connectivity index (χ2n) is 6.89. The summed E-state index contributed by atoms with van der Waals surface area (Å²) in [6, 6.07) is 9.02. The van der Waals surface area contributed by atoms with E-state index in [1.807, 2.05) is 4.90 Å². The Morgan fingerprint density at radius 1 is 1.28 bits per heavy atom. The fourth-order valence-electron chi connectivity index (χ4n) is 3.03. The number of benzene rings is 1. The highest BCUT2D eigenvalue weighted by Crippen LogP contribution is 2.28. The Morgan fingerprint density at radius 3 is 2.52 bits per heavy atom. The molecule has 2 unspecified atom stereocenters. The van der Waals surface area contributed by atoms with Gasteiger partial charge < -0.3 is 15.5 Å². The molecule has 1 aromatic rings. The summed E-state index contributed by atoms with van der Waals surface area (Å²) in [6.07, 6.45) is 2.92. The second-order valence-corrected chi connectivity index (χ2v) is 6.89. The van der Waals surface area contributed by atoms with Crippen LogP contribution in [0, 0.1) is 5.92 Å². The van der Waals surface area contributed by atoms with E-state index in [2.05, 4.69) is 53.7 Å². The standard InChI is InChI=1S/C19H28N4O.HI/c1-3-20-19(22-17-11-14(17)2)21-12-15-6-8-16(9-7-15)13-23-10-4-5-18(23)24;/h6-9,14,17H,3-5,10-13H2,1-2H3,(H2,20,21,22);1H. The highest BCUT2D eigenvalue weighted by Gasteiger charge is 2.33. The number of rotatable bonds is 6. The summed E-state index contributed by atoms with van der Waals surface area (Å²) in [6.45, 7) is 7.50. The number of carbonyl (C=O) groups excluding carboxylic acids is 1. The number of carbonyl (C=O) groups is 1. The maximum Gasteiger partial charge on any atom is 0.222 e. The van der Waals surface area contributed by atoms with Crippen molar-refractivity contribution in [3.63, 3.8) is 0 Å². The number of likely N-dealkylation sites (tertiary alicyclic amines) is 1. The van der Waals surface area contributed by atoms with Gasteiger partial charge in [0.2, 0.25) is 5.91 Å². The molecule has 0 bridgehead atoms. The lowest BCUT2D eigenvalue weighted by Gasteiger charge is -2.15. The summed E-state index contributed by atoms with van der Waals surface area (Å²) in [5.41, 5.74) is 2.38. The summed E-state index contributed by atoms with van der Waals surface area (Å²) in [5.74, 6) is 1.93. The minimum atomic E-state index is 0. The van der Waals surface area contributed by atoms with Crippen LogP contribution in [-0.4, -0.2) is 35.9 Å². The van der Waals surface area contributed by atoms with Gasteiger partial charge in [0.05, 0.1) is 6.54 Å². The number of hydrogen-bond donors (Lipinski definition) is 2. The molecule has 1 aliphatic heterocycles. The van der Waals surface area contributed by atoms with Gasteiger partial charge >= 0.3 is 0 Å². The molecule has 2 aliphatic rings. The highest BCUT2D eigenvalue weighted by molar-refractivity contribution is 14.0. The predicted octanol–water partition coefficient (Wildman–Crippen LogP) is 2.89. The van der Waals surface area contributed by atoms with Crippen molar-refractivity contribution >= 4 is 35.8 Å². The van der Waals surface area contributed by atoms with Gasteiger partial charge in [0.1, 0.15) is 0 Å². The van der Waals surface area contributed by atoms with Gasteiger partial charge in [-0.3, -0.25) is 4.79 Å². The van der Waals surface area contributed by atoms with Crippen molar-refractivity contribution in [1.82, 2.24) is 15.5 Å². The largest absolute Gasteiger partial charge is 0.357 e. The molecule has 2 atom stereocenters. The summed E-state index contributed by atoms with van der Waals surface area (Å²) in [4.78, 5) is 18.3. The van der Waals surface area contributed by atoms with Gasteiger partial charge in [-0.25, -0.2) is 4.99 Å². The van der Waals surface area contributed by atoms with Crippen molar-refractivity contribution in [2.45, 2.75) is 52.2 Å². The molecule has 25 heavy (non-hydrogen) atoms. The molecule has 2 fully saturated rings. The topological polar surface area (TPSA) is 56.7 Å². The minimum absolute atomic E-state index is 0. The summed E-state index contributed by atoms with van der Waals surface area (Å²) >= 11 is 0. The van der Waals surface area contributed by atoms with Crippen LogP contribution in [0.2, 0.25) is 0 Å². The van der Waals surface area contributed by atoms with E-state index in [-0.39, 0.29) is 29.9 Å². The van der Waals surface area contributed by atoms with Gasteiger partial charge in [0, 0.05) is 32.1 Å². The van der Waals surface area contributed by atoms with Crippen molar-refractivity contribution in [3.8, 4) is 0 Å². The van der Waals surface area contributed by atoms with E-state index in [1.165, 1.54) is 17.5 Å². The fraction of sp³-hybridized carbons (Fsp3) is 0.579. The number of hydrogen-bond acceptors (Lipinski definition) is 2. The van der Waals surface area contributed by atoms with E-state index in [1.54, 1.807) is 0 Å². The first kappa shape index (κ1) is 20.0. The molecular formula is C19H29IN4O. The fourth-order valence-corrected chi connectivity index (χ4v) is 3.03. The molecule has 0 radical (unpaired) electrons. The lowest BCUT2D eigenvalue weighted by atomic mass is 10.1. The molecule has 1 saturated heterocycles. The molecule has 0 spiro atoms. The van der Waals surface area contributed by atoms with E-state index in [9.17, 15) is 4.79 Å². The molecule has 0 aromatic heterocycles. The molecule has 1 amide bonds. The van der Waals surface area contributed by atoms with Crippen molar-refractivity contribution in [2.75, 3.05) is 13.1 Å². The molecule has 1 heterocycles. The maximum atomic E-state index is 11.7. The monoisotopic (exact) mass is 456 g/mol. The van der Waals surface area contributed by atoms with Crippen LogP contribution in [0.15, 0.2) is 29.3 Å². The number of nitrogens with zero attached hydrogens (tertiary/aromatic N) is 2. The molecule has 2 N–H and O–H groups in total. The Labute approximate surface area is 167 Å². The van der Waals surface area contributed by atoms with E-state index in [0.29, 0.717) is 19.0 Å². The zero-order chi connectivity index (χ0) is 16.9. The first-order valence-corrected chi connectivity index (χ1v) is 9.06. The average molecular weight is 456 g/mol. The number of aliphatic imine (C=N–C) groups is 1. The van der Waals surface area contributed by atoms with Crippen LogP contribution < -0.4 is 10.6 Å². The zero-order valence-corrected chi connectivity index (χ0v) is 17.5. The third-order valence-corrected chi connectivity index (χ3v) is 4.76. The number of halogens is 1. The molecule has 1 saturated carbocycles. The first-order chi connectivity index (χ1) is 11.7. The SMILES string of the molecule is CCNC(=NCc1ccc(CN2CCCC2=O)cc1)NC1CC1C.I. The maximum absolute atomic E-state index is 11.7. The van der Waals surface area contributed by atoms with Crippen LogP contribution in [0.3, 0.4) is 0 Å². The van der Waals surface area contributed by atoms with E-state index >= 15 is 0 Å². The summed E-state index contributed by atoms with van der Waals surface area (Å²) in [5, 5.41) is 6.78. The van der Waals surface area contributed by atoms with Crippen molar-refractivity contribution in [1.29, 1.82) is 0 Å².